The molecule has 0 bridgehead atoms. The molecule has 9 heteroatoms. The lowest BCUT2D eigenvalue weighted by Crippen LogP contribution is -2.30. The molecule has 0 aliphatic carbocycles. The second-order valence-corrected chi connectivity index (χ2v) is 7.76. The van der Waals surface area contributed by atoms with Crippen LogP contribution in [0.5, 0.6) is 11.5 Å². The van der Waals surface area contributed by atoms with Crippen molar-refractivity contribution in [2.24, 2.45) is 4.99 Å². The maximum absolute atomic E-state index is 12.8. The van der Waals surface area contributed by atoms with E-state index in [0.717, 1.165) is 48.7 Å². The summed E-state index contributed by atoms with van der Waals surface area (Å²) in [4.78, 5) is 21.0. The zero-order valence-corrected chi connectivity index (χ0v) is 18.2. The van der Waals surface area contributed by atoms with Crippen molar-refractivity contribution in [2.45, 2.75) is 25.4 Å². The van der Waals surface area contributed by atoms with Gasteiger partial charge >= 0.3 is 6.18 Å². The summed E-state index contributed by atoms with van der Waals surface area (Å²) in [5, 5.41) is 5.75. The van der Waals surface area contributed by atoms with Gasteiger partial charge in [0, 0.05) is 37.5 Å². The van der Waals surface area contributed by atoms with Gasteiger partial charge < -0.3 is 15.4 Å². The number of halogens is 3. The summed E-state index contributed by atoms with van der Waals surface area (Å²) in [6, 6.07) is 15.5. The largest absolute Gasteiger partial charge is 0.457 e. The number of amidine groups is 1. The molecule has 3 aromatic rings. The molecular weight excluding hydrogens is 445 g/mol. The van der Waals surface area contributed by atoms with Crippen molar-refractivity contribution in [2.75, 3.05) is 18.4 Å². The Bertz CT molecular complexity index is 1180. The number of benzene rings is 2. The van der Waals surface area contributed by atoms with Crippen LogP contribution >= 0.6 is 0 Å². The average molecular weight is 468 g/mol. The monoisotopic (exact) mass is 468 g/mol. The third-order valence-corrected chi connectivity index (χ3v) is 5.14. The quantitative estimate of drug-likeness (QED) is 0.500. The molecule has 0 spiro atoms. The Balaban J connectivity index is 1.30. The number of aromatic nitrogens is 1. The minimum Gasteiger partial charge on any atom is -0.457 e. The van der Waals surface area contributed by atoms with Crippen LogP contribution in [0, 0.1) is 0 Å². The Hall–Kier alpha value is -3.88. The molecule has 176 valence electrons. The van der Waals surface area contributed by atoms with Crippen molar-refractivity contribution < 1.29 is 22.7 Å². The number of ether oxygens (including phenoxy) is 1. The van der Waals surface area contributed by atoms with Crippen LogP contribution in [0.3, 0.4) is 0 Å². The van der Waals surface area contributed by atoms with Gasteiger partial charge in [-0.05, 0) is 54.8 Å². The number of amides is 1. The number of hydrogen-bond acceptors (Lipinski definition) is 5. The van der Waals surface area contributed by atoms with Crippen LogP contribution in [0.25, 0.3) is 0 Å². The molecule has 0 radical (unpaired) electrons. The van der Waals surface area contributed by atoms with Gasteiger partial charge in [-0.25, -0.2) is 0 Å². The van der Waals surface area contributed by atoms with Crippen LogP contribution in [-0.4, -0.2) is 29.8 Å². The van der Waals surface area contributed by atoms with Gasteiger partial charge in [0.15, 0.2) is 0 Å². The standard InChI is InChI=1S/C25H23F3N4O2/c26-25(27,28)18-3-1-4-19(15-18)32-23(33)10-7-17-5-8-20(9-6-17)34-21-11-14-29-22(16-21)24-30-12-2-13-31-24/h1,3-6,8-9,11,14-16H,2,7,10,12-13H2,(H,30,31)(H,32,33). The third-order valence-electron chi connectivity index (χ3n) is 5.14. The Kier molecular flexibility index (Phi) is 7.10. The minimum atomic E-state index is -4.46. The van der Waals surface area contributed by atoms with Gasteiger partial charge in [0.25, 0.3) is 0 Å². The minimum absolute atomic E-state index is 0.120. The first kappa shape index (κ1) is 23.3. The molecule has 0 fully saturated rings. The summed E-state index contributed by atoms with van der Waals surface area (Å²) in [5.41, 5.74) is 0.947. The lowest BCUT2D eigenvalue weighted by Gasteiger charge is -2.14. The molecule has 2 N–H and O–H groups in total. The zero-order valence-electron chi connectivity index (χ0n) is 18.2. The topological polar surface area (TPSA) is 75.6 Å². The molecule has 0 saturated heterocycles. The Morgan fingerprint density at radius 3 is 2.62 bits per heavy atom. The number of rotatable bonds is 7. The van der Waals surface area contributed by atoms with E-state index in [1.54, 1.807) is 24.4 Å². The summed E-state index contributed by atoms with van der Waals surface area (Å²) in [5.74, 6) is 1.67. The van der Waals surface area contributed by atoms with Crippen LogP contribution in [0.1, 0.15) is 29.7 Å². The van der Waals surface area contributed by atoms with E-state index >= 15 is 0 Å². The number of nitrogens with one attached hydrogen (secondary N) is 2. The van der Waals surface area contributed by atoms with Crippen molar-refractivity contribution in [3.05, 3.63) is 83.7 Å². The molecule has 34 heavy (non-hydrogen) atoms. The number of aryl methyl sites for hydroxylation is 1. The van der Waals surface area contributed by atoms with Crippen molar-refractivity contribution in [3.63, 3.8) is 0 Å². The average Bonchev–Trinajstić information content (AvgIpc) is 2.84. The number of hydrogen-bond donors (Lipinski definition) is 2. The Morgan fingerprint density at radius 1 is 1.06 bits per heavy atom. The van der Waals surface area contributed by atoms with Crippen LogP contribution < -0.4 is 15.4 Å². The van der Waals surface area contributed by atoms with E-state index in [0.29, 0.717) is 17.9 Å². The van der Waals surface area contributed by atoms with Crippen molar-refractivity contribution in [3.8, 4) is 11.5 Å². The fourth-order valence-electron chi connectivity index (χ4n) is 3.42. The van der Waals surface area contributed by atoms with Gasteiger partial charge in [-0.3, -0.25) is 14.8 Å². The van der Waals surface area contributed by atoms with Crippen molar-refractivity contribution in [1.29, 1.82) is 0 Å². The van der Waals surface area contributed by atoms with E-state index in [2.05, 4.69) is 20.6 Å². The summed E-state index contributed by atoms with van der Waals surface area (Å²) in [6.45, 7) is 1.64. The summed E-state index contributed by atoms with van der Waals surface area (Å²) in [6.07, 6.45) is -1.21. The lowest BCUT2D eigenvalue weighted by atomic mass is 10.1. The third kappa shape index (κ3) is 6.34. The van der Waals surface area contributed by atoms with Crippen LogP contribution in [0.2, 0.25) is 0 Å². The second-order valence-electron chi connectivity index (χ2n) is 7.76. The van der Waals surface area contributed by atoms with Crippen LogP contribution in [0.4, 0.5) is 18.9 Å². The number of carbonyl (C=O) groups excluding carboxylic acids is 1. The van der Waals surface area contributed by atoms with Gasteiger partial charge in [-0.1, -0.05) is 18.2 Å². The highest BCUT2D eigenvalue weighted by Crippen LogP contribution is 2.30. The van der Waals surface area contributed by atoms with Gasteiger partial charge in [0.2, 0.25) is 5.91 Å². The number of pyridine rings is 1. The van der Waals surface area contributed by atoms with E-state index in [1.807, 2.05) is 18.2 Å². The van der Waals surface area contributed by atoms with E-state index in [4.69, 9.17) is 4.74 Å². The molecule has 1 aliphatic heterocycles. The number of alkyl halides is 3. The smallest absolute Gasteiger partial charge is 0.416 e. The Morgan fingerprint density at radius 2 is 1.88 bits per heavy atom. The maximum Gasteiger partial charge on any atom is 0.416 e. The van der Waals surface area contributed by atoms with Crippen LogP contribution in [0.15, 0.2) is 71.9 Å². The van der Waals surface area contributed by atoms with E-state index in [-0.39, 0.29) is 18.0 Å². The van der Waals surface area contributed by atoms with E-state index in [9.17, 15) is 18.0 Å². The molecule has 0 saturated carbocycles. The predicted octanol–water partition coefficient (Wildman–Crippen LogP) is 5.20. The van der Waals surface area contributed by atoms with E-state index < -0.39 is 11.7 Å². The molecule has 4 rings (SSSR count). The molecule has 0 atom stereocenters. The van der Waals surface area contributed by atoms with Crippen molar-refractivity contribution >= 4 is 17.4 Å². The molecule has 2 aromatic carbocycles. The van der Waals surface area contributed by atoms with E-state index in [1.165, 1.54) is 12.1 Å². The number of anilines is 1. The lowest BCUT2D eigenvalue weighted by molar-refractivity contribution is -0.137. The summed E-state index contributed by atoms with van der Waals surface area (Å²) in [7, 11) is 0. The SMILES string of the molecule is O=C(CCc1ccc(Oc2ccnc(C3=NCCCN3)c2)cc1)Nc1cccc(C(F)(F)F)c1. The van der Waals surface area contributed by atoms with Gasteiger partial charge in [-0.2, -0.15) is 13.2 Å². The van der Waals surface area contributed by atoms with Crippen molar-refractivity contribution in [1.82, 2.24) is 10.3 Å². The second kappa shape index (κ2) is 10.4. The zero-order chi connectivity index (χ0) is 24.0. The highest BCUT2D eigenvalue weighted by molar-refractivity contribution is 5.97. The number of nitrogens with zero attached hydrogens (tertiary/aromatic N) is 2. The van der Waals surface area contributed by atoms with Gasteiger partial charge in [-0.15, -0.1) is 0 Å². The molecule has 1 aromatic heterocycles. The first-order valence-corrected chi connectivity index (χ1v) is 10.9. The summed E-state index contributed by atoms with van der Waals surface area (Å²) >= 11 is 0. The fourth-order valence-corrected chi connectivity index (χ4v) is 3.42. The fraction of sp³-hybridized carbons (Fsp3) is 0.240. The molecule has 6 nitrogen and oxygen atoms in total. The van der Waals surface area contributed by atoms with Gasteiger partial charge in [0.05, 0.1) is 5.56 Å². The predicted molar refractivity (Wildman–Crippen MR) is 123 cm³/mol. The first-order valence-electron chi connectivity index (χ1n) is 10.9. The molecule has 0 unspecified atom stereocenters. The first-order chi connectivity index (χ1) is 16.4. The number of carbonyl (C=O) groups is 1. The van der Waals surface area contributed by atoms with Gasteiger partial charge in [0.1, 0.15) is 23.0 Å². The molecule has 1 amide bonds. The van der Waals surface area contributed by atoms with Crippen LogP contribution in [-0.2, 0) is 17.4 Å². The molecular formula is C25H23F3N4O2. The Labute approximate surface area is 194 Å². The summed E-state index contributed by atoms with van der Waals surface area (Å²) < 4.78 is 44.4. The molecule has 1 aliphatic rings. The highest BCUT2D eigenvalue weighted by atomic mass is 19.4. The normalized spacial score (nSPS) is 13.6. The number of aliphatic imine (C=N–C) groups is 1. The highest BCUT2D eigenvalue weighted by Gasteiger charge is 2.30. The maximum atomic E-state index is 12.8. The molecule has 2 heterocycles.